The van der Waals surface area contributed by atoms with Crippen molar-refractivity contribution in [1.29, 1.82) is 0 Å². The van der Waals surface area contributed by atoms with Gasteiger partial charge in [0, 0.05) is 0 Å². The minimum Gasteiger partial charge on any atom is -0.492 e. The second-order valence-corrected chi connectivity index (χ2v) is 3.96. The predicted octanol–water partition coefficient (Wildman–Crippen LogP) is 2.46. The molecule has 4 heteroatoms. The van der Waals surface area contributed by atoms with Gasteiger partial charge < -0.3 is 15.8 Å². The topological polar surface area (TPSA) is 60.2 Å². The molecule has 0 bridgehead atoms. The number of para-hydroxylation sites is 1. The van der Waals surface area contributed by atoms with Crippen LogP contribution in [0.4, 0.5) is 11.5 Å². The van der Waals surface area contributed by atoms with Gasteiger partial charge in [-0.2, -0.15) is 0 Å². The molecule has 18 heavy (non-hydrogen) atoms. The van der Waals surface area contributed by atoms with Crippen LogP contribution in [0.1, 0.15) is 5.69 Å². The minimum atomic E-state index is 0.592. The van der Waals surface area contributed by atoms with Gasteiger partial charge in [-0.3, -0.25) is 0 Å². The molecule has 0 amide bonds. The molecule has 0 saturated carbocycles. The smallest absolute Gasteiger partial charge is 0.126 e. The lowest BCUT2D eigenvalue weighted by atomic mass is 10.3. The monoisotopic (exact) mass is 243 g/mol. The Kier molecular flexibility index (Phi) is 4.02. The van der Waals surface area contributed by atoms with E-state index in [4.69, 9.17) is 10.5 Å². The molecule has 4 nitrogen and oxygen atoms in total. The number of nitrogens with zero attached hydrogens (tertiary/aromatic N) is 1. The number of aryl methyl sites for hydroxylation is 1. The average molecular weight is 243 g/mol. The average Bonchev–Trinajstić information content (AvgIpc) is 2.40. The summed E-state index contributed by atoms with van der Waals surface area (Å²) in [7, 11) is 0. The summed E-state index contributed by atoms with van der Waals surface area (Å²) in [6.45, 7) is 3.18. The molecule has 0 aliphatic carbocycles. The molecule has 2 aromatic rings. The second kappa shape index (κ2) is 5.91. The van der Waals surface area contributed by atoms with Crippen molar-refractivity contribution in [1.82, 2.24) is 4.98 Å². The summed E-state index contributed by atoms with van der Waals surface area (Å²) in [4.78, 5) is 4.33. The molecule has 2 rings (SSSR count). The Morgan fingerprint density at radius 3 is 2.67 bits per heavy atom. The molecule has 94 valence electrons. The molecule has 3 N–H and O–H groups in total. The lowest BCUT2D eigenvalue weighted by molar-refractivity contribution is 0.333. The predicted molar refractivity (Wildman–Crippen MR) is 73.8 cm³/mol. The quantitative estimate of drug-likeness (QED) is 0.792. The first-order chi connectivity index (χ1) is 8.75. The number of hydrogen-bond donors (Lipinski definition) is 2. The Balaban J connectivity index is 1.77. The maximum absolute atomic E-state index is 5.70. The highest BCUT2D eigenvalue weighted by atomic mass is 16.5. The van der Waals surface area contributed by atoms with Gasteiger partial charge in [-0.05, 0) is 31.2 Å². The fourth-order valence-electron chi connectivity index (χ4n) is 1.53. The molecule has 0 atom stereocenters. The van der Waals surface area contributed by atoms with E-state index < -0.39 is 0 Å². The standard InChI is InChI=1S/C14H17N3O/c1-11-13(15)7-8-14(17-11)16-9-10-18-12-5-3-2-4-6-12/h2-8H,9-10,15H2,1H3,(H,16,17). The van der Waals surface area contributed by atoms with Crippen molar-refractivity contribution >= 4 is 11.5 Å². The molecule has 1 aromatic heterocycles. The Bertz CT molecular complexity index is 500. The molecule has 1 heterocycles. The van der Waals surface area contributed by atoms with Crippen LogP contribution >= 0.6 is 0 Å². The molecule has 0 radical (unpaired) electrons. The van der Waals surface area contributed by atoms with Gasteiger partial charge in [-0.1, -0.05) is 18.2 Å². The maximum atomic E-state index is 5.70. The lowest BCUT2D eigenvalue weighted by Crippen LogP contribution is -2.12. The number of anilines is 2. The van der Waals surface area contributed by atoms with E-state index in [9.17, 15) is 0 Å². The fraction of sp³-hybridized carbons (Fsp3) is 0.214. The summed E-state index contributed by atoms with van der Waals surface area (Å²) in [6.07, 6.45) is 0. The largest absolute Gasteiger partial charge is 0.492 e. The van der Waals surface area contributed by atoms with Crippen LogP contribution in [-0.2, 0) is 0 Å². The minimum absolute atomic E-state index is 0.592. The van der Waals surface area contributed by atoms with Crippen molar-refractivity contribution in [2.24, 2.45) is 0 Å². The number of nitrogens with one attached hydrogen (secondary N) is 1. The number of nitrogen functional groups attached to an aromatic ring is 1. The Morgan fingerprint density at radius 1 is 1.17 bits per heavy atom. The van der Waals surface area contributed by atoms with E-state index in [-0.39, 0.29) is 0 Å². The second-order valence-electron chi connectivity index (χ2n) is 3.96. The van der Waals surface area contributed by atoms with Crippen molar-refractivity contribution in [3.05, 3.63) is 48.2 Å². The maximum Gasteiger partial charge on any atom is 0.126 e. The lowest BCUT2D eigenvalue weighted by Gasteiger charge is -2.09. The SMILES string of the molecule is Cc1nc(NCCOc2ccccc2)ccc1N. The highest BCUT2D eigenvalue weighted by Crippen LogP contribution is 2.11. The van der Waals surface area contributed by atoms with E-state index in [1.165, 1.54) is 0 Å². The summed E-state index contributed by atoms with van der Waals surface area (Å²) in [6, 6.07) is 13.5. The van der Waals surface area contributed by atoms with Gasteiger partial charge in [0.05, 0.1) is 17.9 Å². The van der Waals surface area contributed by atoms with E-state index in [1.54, 1.807) is 0 Å². The molecular weight excluding hydrogens is 226 g/mol. The summed E-state index contributed by atoms with van der Waals surface area (Å²) in [5.41, 5.74) is 7.25. The van der Waals surface area contributed by atoms with Crippen molar-refractivity contribution in [3.8, 4) is 5.75 Å². The van der Waals surface area contributed by atoms with Crippen LogP contribution in [0.5, 0.6) is 5.75 Å². The number of aromatic nitrogens is 1. The molecule has 1 aromatic carbocycles. The molecule has 0 saturated heterocycles. The number of hydrogen-bond acceptors (Lipinski definition) is 4. The zero-order valence-corrected chi connectivity index (χ0v) is 10.4. The first kappa shape index (κ1) is 12.2. The fourth-order valence-corrected chi connectivity index (χ4v) is 1.53. The molecule has 0 fully saturated rings. The Morgan fingerprint density at radius 2 is 1.94 bits per heavy atom. The van der Waals surface area contributed by atoms with Gasteiger partial charge in [0.25, 0.3) is 0 Å². The van der Waals surface area contributed by atoms with Gasteiger partial charge in [0.1, 0.15) is 18.2 Å². The third-order valence-electron chi connectivity index (χ3n) is 2.55. The highest BCUT2D eigenvalue weighted by Gasteiger charge is 1.98. The van der Waals surface area contributed by atoms with Gasteiger partial charge in [0.15, 0.2) is 0 Å². The van der Waals surface area contributed by atoms with Gasteiger partial charge >= 0.3 is 0 Å². The first-order valence-electron chi connectivity index (χ1n) is 5.90. The number of rotatable bonds is 5. The first-order valence-corrected chi connectivity index (χ1v) is 5.90. The molecular formula is C14H17N3O. The van der Waals surface area contributed by atoms with Crippen molar-refractivity contribution in [2.45, 2.75) is 6.92 Å². The molecule has 0 aliphatic heterocycles. The van der Waals surface area contributed by atoms with Crippen molar-refractivity contribution < 1.29 is 4.74 Å². The third-order valence-corrected chi connectivity index (χ3v) is 2.55. The van der Waals surface area contributed by atoms with Crippen LogP contribution in [0.3, 0.4) is 0 Å². The van der Waals surface area contributed by atoms with Gasteiger partial charge in [-0.15, -0.1) is 0 Å². The van der Waals surface area contributed by atoms with Gasteiger partial charge in [-0.25, -0.2) is 4.98 Å². The van der Waals surface area contributed by atoms with E-state index in [2.05, 4.69) is 10.3 Å². The van der Waals surface area contributed by atoms with Crippen LogP contribution in [0.25, 0.3) is 0 Å². The van der Waals surface area contributed by atoms with Crippen molar-refractivity contribution in [3.63, 3.8) is 0 Å². The molecule has 0 unspecified atom stereocenters. The highest BCUT2D eigenvalue weighted by molar-refractivity contribution is 5.48. The van der Waals surface area contributed by atoms with Crippen LogP contribution in [-0.4, -0.2) is 18.1 Å². The van der Waals surface area contributed by atoms with E-state index in [0.717, 1.165) is 17.3 Å². The zero-order chi connectivity index (χ0) is 12.8. The van der Waals surface area contributed by atoms with Crippen molar-refractivity contribution in [2.75, 3.05) is 24.2 Å². The summed E-state index contributed by atoms with van der Waals surface area (Å²) < 4.78 is 5.57. The normalized spacial score (nSPS) is 10.1. The number of ether oxygens (including phenoxy) is 1. The molecule has 0 spiro atoms. The van der Waals surface area contributed by atoms with E-state index >= 15 is 0 Å². The van der Waals surface area contributed by atoms with Crippen LogP contribution in [0.2, 0.25) is 0 Å². The Labute approximate surface area is 107 Å². The summed E-state index contributed by atoms with van der Waals surface area (Å²) in [5, 5.41) is 3.19. The third kappa shape index (κ3) is 3.38. The summed E-state index contributed by atoms with van der Waals surface area (Å²) >= 11 is 0. The molecule has 0 aliphatic rings. The van der Waals surface area contributed by atoms with Crippen LogP contribution in [0, 0.1) is 6.92 Å². The van der Waals surface area contributed by atoms with Crippen LogP contribution < -0.4 is 15.8 Å². The number of pyridine rings is 1. The number of benzene rings is 1. The van der Waals surface area contributed by atoms with Crippen LogP contribution in [0.15, 0.2) is 42.5 Å². The van der Waals surface area contributed by atoms with Gasteiger partial charge in [0.2, 0.25) is 0 Å². The van der Waals surface area contributed by atoms with E-state index in [1.807, 2.05) is 49.4 Å². The summed E-state index contributed by atoms with van der Waals surface area (Å²) in [5.74, 6) is 1.69. The Hall–Kier alpha value is -2.23. The zero-order valence-electron chi connectivity index (χ0n) is 10.4. The van der Waals surface area contributed by atoms with E-state index in [0.29, 0.717) is 18.8 Å². The number of nitrogens with two attached hydrogens (primary N) is 1.